The van der Waals surface area contributed by atoms with Crippen LogP contribution < -0.4 is 0 Å². The van der Waals surface area contributed by atoms with Crippen LogP contribution in [-0.4, -0.2) is 44.5 Å². The second kappa shape index (κ2) is 7.23. The minimum absolute atomic E-state index is 0.0790. The molecule has 0 bridgehead atoms. The number of benzene rings is 2. The van der Waals surface area contributed by atoms with E-state index >= 15 is 0 Å². The summed E-state index contributed by atoms with van der Waals surface area (Å²) in [4.78, 5) is 30.3. The minimum Gasteiger partial charge on any atom is -0.478 e. The first-order valence-electron chi connectivity index (χ1n) is 9.13. The Bertz CT molecular complexity index is 995. The SMILES string of the molecule is O=C(O)c1ccccc1[C@H]1CCN(C(=O)CCn2cnc3ccccc32)C1. The number of carboxylic acids is 1. The van der Waals surface area contributed by atoms with E-state index in [0.29, 0.717) is 31.6 Å². The Morgan fingerprint density at radius 2 is 1.89 bits per heavy atom. The van der Waals surface area contributed by atoms with E-state index in [9.17, 15) is 14.7 Å². The monoisotopic (exact) mass is 363 g/mol. The van der Waals surface area contributed by atoms with Gasteiger partial charge in [0.25, 0.3) is 0 Å². The van der Waals surface area contributed by atoms with Gasteiger partial charge in [-0.05, 0) is 30.2 Å². The molecule has 0 radical (unpaired) electrons. The van der Waals surface area contributed by atoms with Crippen molar-refractivity contribution in [2.75, 3.05) is 13.1 Å². The van der Waals surface area contributed by atoms with E-state index in [-0.39, 0.29) is 11.8 Å². The van der Waals surface area contributed by atoms with E-state index in [2.05, 4.69) is 4.98 Å². The van der Waals surface area contributed by atoms with Gasteiger partial charge in [-0.1, -0.05) is 30.3 Å². The fourth-order valence-electron chi connectivity index (χ4n) is 3.85. The van der Waals surface area contributed by atoms with Crippen molar-refractivity contribution in [1.29, 1.82) is 0 Å². The molecule has 4 rings (SSSR count). The fraction of sp³-hybridized carbons (Fsp3) is 0.286. The molecule has 1 fully saturated rings. The third kappa shape index (κ3) is 3.43. The van der Waals surface area contributed by atoms with Gasteiger partial charge in [-0.3, -0.25) is 4.79 Å². The van der Waals surface area contributed by atoms with E-state index in [1.54, 1.807) is 18.5 Å². The highest BCUT2D eigenvalue weighted by molar-refractivity contribution is 5.89. The Hall–Kier alpha value is -3.15. The lowest BCUT2D eigenvalue weighted by Gasteiger charge is -2.18. The first-order valence-corrected chi connectivity index (χ1v) is 9.13. The number of carboxylic acid groups (broad SMARTS) is 1. The number of aromatic carboxylic acids is 1. The molecule has 1 N–H and O–H groups in total. The molecule has 6 nitrogen and oxygen atoms in total. The summed E-state index contributed by atoms with van der Waals surface area (Å²) in [5, 5.41) is 9.39. The van der Waals surface area contributed by atoms with Crippen LogP contribution in [0.15, 0.2) is 54.9 Å². The van der Waals surface area contributed by atoms with Crippen molar-refractivity contribution >= 4 is 22.9 Å². The number of rotatable bonds is 5. The quantitative estimate of drug-likeness (QED) is 0.756. The van der Waals surface area contributed by atoms with E-state index in [1.807, 2.05) is 45.9 Å². The van der Waals surface area contributed by atoms with Gasteiger partial charge in [0.05, 0.1) is 22.9 Å². The highest BCUT2D eigenvalue weighted by atomic mass is 16.4. The zero-order chi connectivity index (χ0) is 18.8. The molecule has 1 amide bonds. The van der Waals surface area contributed by atoms with Crippen LogP contribution in [0.2, 0.25) is 0 Å². The maximum absolute atomic E-state index is 12.6. The zero-order valence-electron chi connectivity index (χ0n) is 14.9. The number of amides is 1. The number of aryl methyl sites for hydroxylation is 1. The Labute approximate surface area is 157 Å². The van der Waals surface area contributed by atoms with Gasteiger partial charge < -0.3 is 14.6 Å². The van der Waals surface area contributed by atoms with Crippen molar-refractivity contribution in [2.45, 2.75) is 25.3 Å². The molecular formula is C21H21N3O3. The molecule has 0 saturated carbocycles. The molecule has 0 aliphatic carbocycles. The number of carbonyl (C=O) groups is 2. The number of likely N-dealkylation sites (tertiary alicyclic amines) is 1. The standard InChI is InChI=1S/C21H21N3O3/c25-20(10-12-24-14-22-18-7-3-4-8-19(18)24)23-11-9-15(13-23)16-5-1-2-6-17(16)21(26)27/h1-8,14-15H,9-13H2,(H,26,27)/t15-/m0/s1. The van der Waals surface area contributed by atoms with Gasteiger partial charge in [-0.15, -0.1) is 0 Å². The maximum Gasteiger partial charge on any atom is 0.335 e. The Morgan fingerprint density at radius 1 is 1.11 bits per heavy atom. The highest BCUT2D eigenvalue weighted by Gasteiger charge is 2.29. The van der Waals surface area contributed by atoms with Crippen LogP contribution in [0.1, 0.15) is 34.7 Å². The second-order valence-electron chi connectivity index (χ2n) is 6.89. The lowest BCUT2D eigenvalue weighted by molar-refractivity contribution is -0.130. The molecule has 2 aromatic carbocycles. The highest BCUT2D eigenvalue weighted by Crippen LogP contribution is 2.30. The number of hydrogen-bond donors (Lipinski definition) is 1. The number of hydrogen-bond acceptors (Lipinski definition) is 3. The summed E-state index contributed by atoms with van der Waals surface area (Å²) in [6.45, 7) is 1.84. The van der Waals surface area contributed by atoms with E-state index in [1.165, 1.54) is 0 Å². The summed E-state index contributed by atoms with van der Waals surface area (Å²) in [5.74, 6) is -0.735. The molecule has 6 heteroatoms. The van der Waals surface area contributed by atoms with Crippen molar-refractivity contribution in [2.24, 2.45) is 0 Å². The number of carbonyl (C=O) groups excluding carboxylic acids is 1. The molecule has 1 aliphatic heterocycles. The smallest absolute Gasteiger partial charge is 0.335 e. The molecule has 3 aromatic rings. The predicted octanol–water partition coefficient (Wildman–Crippen LogP) is 3.14. The van der Waals surface area contributed by atoms with Crippen LogP contribution in [0.3, 0.4) is 0 Å². The van der Waals surface area contributed by atoms with E-state index in [4.69, 9.17) is 0 Å². The number of fused-ring (bicyclic) bond motifs is 1. The summed E-state index contributed by atoms with van der Waals surface area (Å²) in [6.07, 6.45) is 2.98. The molecular weight excluding hydrogens is 342 g/mol. The molecule has 27 heavy (non-hydrogen) atoms. The Kier molecular flexibility index (Phi) is 4.62. The van der Waals surface area contributed by atoms with E-state index < -0.39 is 5.97 Å². The molecule has 1 aliphatic rings. The lowest BCUT2D eigenvalue weighted by atomic mass is 9.93. The number of para-hydroxylation sites is 2. The Morgan fingerprint density at radius 3 is 2.74 bits per heavy atom. The summed E-state index contributed by atoms with van der Waals surface area (Å²) in [5.41, 5.74) is 3.11. The van der Waals surface area contributed by atoms with Crippen molar-refractivity contribution in [3.05, 3.63) is 66.0 Å². The van der Waals surface area contributed by atoms with Crippen LogP contribution in [-0.2, 0) is 11.3 Å². The first-order chi connectivity index (χ1) is 13.1. The van der Waals surface area contributed by atoms with Gasteiger partial charge in [-0.25, -0.2) is 9.78 Å². The molecule has 0 unspecified atom stereocenters. The molecule has 1 aromatic heterocycles. The molecule has 1 atom stereocenters. The van der Waals surface area contributed by atoms with Crippen LogP contribution in [0, 0.1) is 0 Å². The molecule has 2 heterocycles. The summed E-state index contributed by atoms with van der Waals surface area (Å²) in [7, 11) is 0. The summed E-state index contributed by atoms with van der Waals surface area (Å²) >= 11 is 0. The van der Waals surface area contributed by atoms with Crippen LogP contribution >= 0.6 is 0 Å². The number of nitrogens with zero attached hydrogens (tertiary/aromatic N) is 3. The van der Waals surface area contributed by atoms with Crippen LogP contribution in [0.25, 0.3) is 11.0 Å². The normalized spacial score (nSPS) is 16.7. The molecule has 1 saturated heterocycles. The summed E-state index contributed by atoms with van der Waals surface area (Å²) < 4.78 is 2.00. The van der Waals surface area contributed by atoms with Crippen molar-refractivity contribution in [1.82, 2.24) is 14.5 Å². The zero-order valence-corrected chi connectivity index (χ0v) is 14.9. The number of imidazole rings is 1. The van der Waals surface area contributed by atoms with Gasteiger partial charge in [-0.2, -0.15) is 0 Å². The summed E-state index contributed by atoms with van der Waals surface area (Å²) in [6, 6.07) is 15.0. The minimum atomic E-state index is -0.914. The molecule has 0 spiro atoms. The largest absolute Gasteiger partial charge is 0.478 e. The van der Waals surface area contributed by atoms with Crippen molar-refractivity contribution in [3.8, 4) is 0 Å². The van der Waals surface area contributed by atoms with Gasteiger partial charge >= 0.3 is 5.97 Å². The van der Waals surface area contributed by atoms with Gasteiger partial charge in [0.1, 0.15) is 0 Å². The molecule has 138 valence electrons. The average Bonchev–Trinajstić information content (AvgIpc) is 3.33. The van der Waals surface area contributed by atoms with E-state index in [0.717, 1.165) is 23.0 Å². The third-order valence-corrected chi connectivity index (χ3v) is 5.27. The fourth-order valence-corrected chi connectivity index (χ4v) is 3.85. The van der Waals surface area contributed by atoms with Gasteiger partial charge in [0, 0.05) is 32.0 Å². The van der Waals surface area contributed by atoms with Crippen LogP contribution in [0.4, 0.5) is 0 Å². The van der Waals surface area contributed by atoms with Crippen molar-refractivity contribution in [3.63, 3.8) is 0 Å². The third-order valence-electron chi connectivity index (χ3n) is 5.27. The van der Waals surface area contributed by atoms with Crippen LogP contribution in [0.5, 0.6) is 0 Å². The topological polar surface area (TPSA) is 75.4 Å². The lowest BCUT2D eigenvalue weighted by Crippen LogP contribution is -2.29. The van der Waals surface area contributed by atoms with Crippen molar-refractivity contribution < 1.29 is 14.7 Å². The predicted molar refractivity (Wildman–Crippen MR) is 102 cm³/mol. The van der Waals surface area contributed by atoms with Gasteiger partial charge in [0.2, 0.25) is 5.91 Å². The second-order valence-corrected chi connectivity index (χ2v) is 6.89. The number of aromatic nitrogens is 2. The Balaban J connectivity index is 1.40. The maximum atomic E-state index is 12.6. The van der Waals surface area contributed by atoms with Gasteiger partial charge in [0.15, 0.2) is 0 Å². The average molecular weight is 363 g/mol. The first kappa shape index (κ1) is 17.3.